The largest absolute Gasteiger partial charge is 0.309 e. The number of halogens is 3. The maximum Gasteiger partial charge on any atom is 0.126 e. The average Bonchev–Trinajstić information content (AvgIpc) is 2.39. The Morgan fingerprint density at radius 1 is 1.26 bits per heavy atom. The second kappa shape index (κ2) is 6.04. The maximum atomic E-state index is 13.4. The molecule has 0 fully saturated rings. The molecule has 2 aromatic rings. The van der Waals surface area contributed by atoms with Crippen molar-refractivity contribution in [3.05, 3.63) is 68.4 Å². The molecule has 0 aliphatic heterocycles. The predicted molar refractivity (Wildman–Crippen MR) is 81.2 cm³/mol. The van der Waals surface area contributed by atoms with Crippen LogP contribution < -0.4 is 5.32 Å². The minimum Gasteiger partial charge on any atom is -0.309 e. The highest BCUT2D eigenvalue weighted by Gasteiger charge is 2.17. The summed E-state index contributed by atoms with van der Waals surface area (Å²) < 4.78 is 14.2. The normalized spacial score (nSPS) is 12.5. The van der Waals surface area contributed by atoms with Gasteiger partial charge in [-0.25, -0.2) is 4.39 Å². The number of aryl methyl sites for hydroxylation is 1. The Kier molecular flexibility index (Phi) is 4.61. The minimum atomic E-state index is -0.195. The lowest BCUT2D eigenvalue weighted by molar-refractivity contribution is 0.614. The first-order valence-corrected chi connectivity index (χ1v) is 7.09. The smallest absolute Gasteiger partial charge is 0.126 e. The Morgan fingerprint density at radius 3 is 2.63 bits per heavy atom. The van der Waals surface area contributed by atoms with E-state index < -0.39 is 0 Å². The molecule has 0 heterocycles. The van der Waals surface area contributed by atoms with Crippen molar-refractivity contribution in [2.45, 2.75) is 13.0 Å². The van der Waals surface area contributed by atoms with Gasteiger partial charge in [-0.2, -0.15) is 0 Å². The topological polar surface area (TPSA) is 12.0 Å². The van der Waals surface area contributed by atoms with Gasteiger partial charge in [0, 0.05) is 4.47 Å². The van der Waals surface area contributed by atoms with Crippen molar-refractivity contribution in [2.75, 3.05) is 7.05 Å². The van der Waals surface area contributed by atoms with Crippen LogP contribution in [0.3, 0.4) is 0 Å². The lowest BCUT2D eigenvalue weighted by atomic mass is 9.97. The van der Waals surface area contributed by atoms with Gasteiger partial charge >= 0.3 is 0 Å². The van der Waals surface area contributed by atoms with Gasteiger partial charge < -0.3 is 5.32 Å². The van der Waals surface area contributed by atoms with Crippen molar-refractivity contribution in [3.63, 3.8) is 0 Å². The van der Waals surface area contributed by atoms with Gasteiger partial charge in [0.1, 0.15) is 5.82 Å². The van der Waals surface area contributed by atoms with E-state index in [0.29, 0.717) is 10.6 Å². The summed E-state index contributed by atoms with van der Waals surface area (Å²) in [6.07, 6.45) is 0. The van der Waals surface area contributed by atoms with Crippen LogP contribution in [0.1, 0.15) is 22.7 Å². The van der Waals surface area contributed by atoms with Crippen LogP contribution in [0.4, 0.5) is 4.39 Å². The third kappa shape index (κ3) is 2.99. The van der Waals surface area contributed by atoms with Crippen LogP contribution in [0.2, 0.25) is 5.02 Å². The minimum absolute atomic E-state index is 0.0655. The SMILES string of the molecule is CNC(c1ccc(F)c(C)c1)c1cccc(Br)c1Cl. The van der Waals surface area contributed by atoms with Crippen LogP contribution in [-0.4, -0.2) is 7.05 Å². The van der Waals surface area contributed by atoms with Crippen molar-refractivity contribution in [1.82, 2.24) is 5.32 Å². The second-order valence-electron chi connectivity index (χ2n) is 4.37. The lowest BCUT2D eigenvalue weighted by Gasteiger charge is -2.19. The van der Waals surface area contributed by atoms with E-state index >= 15 is 0 Å². The molecule has 1 atom stereocenters. The summed E-state index contributed by atoms with van der Waals surface area (Å²) in [5, 5.41) is 3.89. The summed E-state index contributed by atoms with van der Waals surface area (Å²) in [4.78, 5) is 0. The van der Waals surface area contributed by atoms with Gasteiger partial charge in [-0.3, -0.25) is 0 Å². The van der Waals surface area contributed by atoms with Gasteiger partial charge in [0.25, 0.3) is 0 Å². The summed E-state index contributed by atoms with van der Waals surface area (Å²) in [6, 6.07) is 10.8. The van der Waals surface area contributed by atoms with Gasteiger partial charge in [0.15, 0.2) is 0 Å². The number of nitrogens with one attached hydrogen (secondary N) is 1. The molecule has 0 amide bonds. The van der Waals surface area contributed by atoms with E-state index in [1.54, 1.807) is 13.0 Å². The predicted octanol–water partition coefficient (Wildman–Crippen LogP) is 4.86. The summed E-state index contributed by atoms with van der Waals surface area (Å²) in [7, 11) is 1.86. The van der Waals surface area contributed by atoms with Crippen LogP contribution in [0.5, 0.6) is 0 Å². The molecule has 0 radical (unpaired) electrons. The fourth-order valence-electron chi connectivity index (χ4n) is 2.09. The first-order chi connectivity index (χ1) is 9.04. The number of benzene rings is 2. The molecule has 0 aliphatic carbocycles. The molecule has 0 saturated carbocycles. The molecule has 19 heavy (non-hydrogen) atoms. The van der Waals surface area contributed by atoms with Crippen molar-refractivity contribution in [2.24, 2.45) is 0 Å². The summed E-state index contributed by atoms with van der Waals surface area (Å²) in [6.45, 7) is 1.76. The zero-order valence-electron chi connectivity index (χ0n) is 10.7. The van der Waals surface area contributed by atoms with Crippen LogP contribution in [0.15, 0.2) is 40.9 Å². The zero-order chi connectivity index (χ0) is 14.0. The zero-order valence-corrected chi connectivity index (χ0v) is 13.0. The monoisotopic (exact) mass is 341 g/mol. The van der Waals surface area contributed by atoms with Gasteiger partial charge in [0.2, 0.25) is 0 Å². The molecule has 4 heteroatoms. The highest BCUT2D eigenvalue weighted by atomic mass is 79.9. The van der Waals surface area contributed by atoms with E-state index in [1.165, 1.54) is 6.07 Å². The van der Waals surface area contributed by atoms with E-state index in [0.717, 1.165) is 15.6 Å². The van der Waals surface area contributed by atoms with E-state index in [1.807, 2.05) is 31.3 Å². The molecule has 100 valence electrons. The van der Waals surface area contributed by atoms with Gasteiger partial charge in [-0.1, -0.05) is 35.9 Å². The molecule has 0 aromatic heterocycles. The molecule has 2 aromatic carbocycles. The highest BCUT2D eigenvalue weighted by Crippen LogP contribution is 2.33. The van der Waals surface area contributed by atoms with Crippen LogP contribution in [-0.2, 0) is 0 Å². The Hall–Kier alpha value is -0.900. The van der Waals surface area contributed by atoms with Crippen molar-refractivity contribution in [1.29, 1.82) is 0 Å². The van der Waals surface area contributed by atoms with E-state index in [2.05, 4.69) is 21.2 Å². The second-order valence-corrected chi connectivity index (χ2v) is 5.61. The Labute approximate surface area is 125 Å². The van der Waals surface area contributed by atoms with Crippen LogP contribution in [0, 0.1) is 12.7 Å². The molecule has 0 spiro atoms. The Morgan fingerprint density at radius 2 is 2.00 bits per heavy atom. The Bertz CT molecular complexity index is 601. The van der Waals surface area contributed by atoms with Crippen molar-refractivity contribution < 1.29 is 4.39 Å². The van der Waals surface area contributed by atoms with Crippen LogP contribution >= 0.6 is 27.5 Å². The lowest BCUT2D eigenvalue weighted by Crippen LogP contribution is -2.18. The first kappa shape index (κ1) is 14.5. The Balaban J connectivity index is 2.50. The molecular weight excluding hydrogens is 329 g/mol. The molecule has 0 aliphatic rings. The quantitative estimate of drug-likeness (QED) is 0.840. The summed E-state index contributed by atoms with van der Waals surface area (Å²) in [5.74, 6) is -0.195. The first-order valence-electron chi connectivity index (χ1n) is 5.92. The molecule has 1 unspecified atom stereocenters. The molecule has 1 N–H and O–H groups in total. The number of hydrogen-bond acceptors (Lipinski definition) is 1. The molecular formula is C15H14BrClFN. The number of rotatable bonds is 3. The maximum absolute atomic E-state index is 13.4. The molecule has 0 saturated heterocycles. The fraction of sp³-hybridized carbons (Fsp3) is 0.200. The summed E-state index contributed by atoms with van der Waals surface area (Å²) in [5.41, 5.74) is 2.58. The highest BCUT2D eigenvalue weighted by molar-refractivity contribution is 9.10. The summed E-state index contributed by atoms with van der Waals surface area (Å²) >= 11 is 9.75. The van der Waals surface area contributed by atoms with Crippen molar-refractivity contribution >= 4 is 27.5 Å². The third-order valence-corrected chi connectivity index (χ3v) is 4.41. The molecule has 2 rings (SSSR count). The van der Waals surface area contributed by atoms with E-state index in [-0.39, 0.29) is 11.9 Å². The van der Waals surface area contributed by atoms with Crippen molar-refractivity contribution in [3.8, 4) is 0 Å². The van der Waals surface area contributed by atoms with Gasteiger partial charge in [-0.15, -0.1) is 0 Å². The molecule has 1 nitrogen and oxygen atoms in total. The standard InChI is InChI=1S/C15H14BrClFN/c1-9-8-10(6-7-13(9)18)15(19-2)11-4-3-5-12(16)14(11)17/h3-8,15,19H,1-2H3. The average molecular weight is 343 g/mol. The molecule has 0 bridgehead atoms. The van der Waals surface area contributed by atoms with Crippen LogP contribution in [0.25, 0.3) is 0 Å². The third-order valence-electron chi connectivity index (χ3n) is 3.10. The van der Waals surface area contributed by atoms with Gasteiger partial charge in [-0.05, 0) is 58.7 Å². The van der Waals surface area contributed by atoms with Gasteiger partial charge in [0.05, 0.1) is 11.1 Å². The van der Waals surface area contributed by atoms with E-state index in [4.69, 9.17) is 11.6 Å². The number of hydrogen-bond donors (Lipinski definition) is 1. The van der Waals surface area contributed by atoms with E-state index in [9.17, 15) is 4.39 Å². The fourth-order valence-corrected chi connectivity index (χ4v) is 2.71.